The number of nitrogens with two attached hydrogens (primary N) is 1. The Kier molecular flexibility index (Phi) is 3.94. The van der Waals surface area contributed by atoms with Crippen LogP contribution in [-0.4, -0.2) is 41.8 Å². The molecular formula is C16H19N3O3. The summed E-state index contributed by atoms with van der Waals surface area (Å²) in [5.74, 6) is -0.965. The van der Waals surface area contributed by atoms with E-state index in [-0.39, 0.29) is 30.1 Å². The molecule has 6 nitrogen and oxygen atoms in total. The van der Waals surface area contributed by atoms with Crippen LogP contribution < -0.4 is 10.6 Å². The van der Waals surface area contributed by atoms with E-state index in [1.165, 1.54) is 4.90 Å². The van der Waals surface area contributed by atoms with E-state index < -0.39 is 6.04 Å². The number of carbonyl (C=O) groups excluding carboxylic acids is 3. The van der Waals surface area contributed by atoms with Gasteiger partial charge >= 0.3 is 0 Å². The zero-order valence-corrected chi connectivity index (χ0v) is 12.3. The predicted octanol–water partition coefficient (Wildman–Crippen LogP) is 0.516. The molecule has 2 saturated heterocycles. The summed E-state index contributed by atoms with van der Waals surface area (Å²) in [4.78, 5) is 39.4. The SMILES string of the molecule is NC(=O)[C@@H]1CCCN([C@H]2CC(=O)N(c3ccccc3)C2=O)C1. The molecule has 2 aliphatic heterocycles. The molecule has 0 aromatic heterocycles. The zero-order chi connectivity index (χ0) is 15.7. The van der Waals surface area contributed by atoms with Crippen LogP contribution in [0.5, 0.6) is 0 Å². The monoisotopic (exact) mass is 301 g/mol. The van der Waals surface area contributed by atoms with Gasteiger partial charge in [0.1, 0.15) is 0 Å². The minimum Gasteiger partial charge on any atom is -0.369 e. The molecule has 2 fully saturated rings. The Hall–Kier alpha value is -2.21. The number of likely N-dealkylation sites (tertiary alicyclic amines) is 1. The van der Waals surface area contributed by atoms with E-state index in [4.69, 9.17) is 5.73 Å². The molecule has 2 heterocycles. The minimum absolute atomic E-state index is 0.166. The largest absolute Gasteiger partial charge is 0.369 e. The number of imide groups is 1. The van der Waals surface area contributed by atoms with Gasteiger partial charge < -0.3 is 5.73 Å². The Morgan fingerprint density at radius 2 is 1.91 bits per heavy atom. The molecule has 0 aliphatic carbocycles. The van der Waals surface area contributed by atoms with Crippen molar-refractivity contribution in [2.75, 3.05) is 18.0 Å². The number of hydrogen-bond acceptors (Lipinski definition) is 4. The third kappa shape index (κ3) is 2.62. The molecule has 3 rings (SSSR count). The van der Waals surface area contributed by atoms with Crippen molar-refractivity contribution >= 4 is 23.4 Å². The molecule has 0 unspecified atom stereocenters. The van der Waals surface area contributed by atoms with Gasteiger partial charge in [-0.25, -0.2) is 4.90 Å². The lowest BCUT2D eigenvalue weighted by atomic mass is 9.96. The third-order valence-electron chi connectivity index (χ3n) is 4.43. The van der Waals surface area contributed by atoms with Crippen LogP contribution >= 0.6 is 0 Å². The summed E-state index contributed by atoms with van der Waals surface area (Å²) in [7, 11) is 0. The maximum atomic E-state index is 12.6. The van der Waals surface area contributed by atoms with Gasteiger partial charge in [0.25, 0.3) is 5.91 Å². The van der Waals surface area contributed by atoms with E-state index in [2.05, 4.69) is 0 Å². The molecule has 0 bridgehead atoms. The van der Waals surface area contributed by atoms with Gasteiger partial charge in [-0.15, -0.1) is 0 Å². The summed E-state index contributed by atoms with van der Waals surface area (Å²) in [5.41, 5.74) is 5.98. The van der Waals surface area contributed by atoms with Crippen molar-refractivity contribution in [3.63, 3.8) is 0 Å². The Morgan fingerprint density at radius 1 is 1.18 bits per heavy atom. The van der Waals surface area contributed by atoms with Gasteiger partial charge in [-0.1, -0.05) is 18.2 Å². The standard InChI is InChI=1S/C16H19N3O3/c17-15(21)11-5-4-8-18(10-11)13-9-14(20)19(16(13)22)12-6-2-1-3-7-12/h1-3,6-7,11,13H,4-5,8-10H2,(H2,17,21)/t11-,13+/m1/s1. The summed E-state index contributed by atoms with van der Waals surface area (Å²) in [6.45, 7) is 1.18. The minimum atomic E-state index is -0.477. The number of para-hydroxylation sites is 1. The molecule has 22 heavy (non-hydrogen) atoms. The lowest BCUT2D eigenvalue weighted by Gasteiger charge is -2.34. The fraction of sp³-hybridized carbons (Fsp3) is 0.438. The van der Waals surface area contributed by atoms with Gasteiger partial charge in [-0.05, 0) is 31.5 Å². The highest BCUT2D eigenvalue weighted by Gasteiger charge is 2.44. The first-order valence-corrected chi connectivity index (χ1v) is 7.53. The van der Waals surface area contributed by atoms with Crippen molar-refractivity contribution in [3.05, 3.63) is 30.3 Å². The van der Waals surface area contributed by atoms with E-state index in [1.54, 1.807) is 24.3 Å². The Morgan fingerprint density at radius 3 is 2.59 bits per heavy atom. The number of amides is 3. The molecule has 2 aliphatic rings. The van der Waals surface area contributed by atoms with Gasteiger partial charge in [0.15, 0.2) is 0 Å². The van der Waals surface area contributed by atoms with Crippen LogP contribution in [0, 0.1) is 5.92 Å². The van der Waals surface area contributed by atoms with Crippen molar-refractivity contribution in [2.45, 2.75) is 25.3 Å². The summed E-state index contributed by atoms with van der Waals surface area (Å²) < 4.78 is 0. The van der Waals surface area contributed by atoms with Crippen LogP contribution in [0.4, 0.5) is 5.69 Å². The number of piperidine rings is 1. The highest BCUT2D eigenvalue weighted by atomic mass is 16.2. The summed E-state index contributed by atoms with van der Waals surface area (Å²) in [6.07, 6.45) is 1.74. The van der Waals surface area contributed by atoms with Crippen molar-refractivity contribution in [1.82, 2.24) is 4.90 Å². The predicted molar refractivity (Wildman–Crippen MR) is 80.8 cm³/mol. The first kappa shape index (κ1) is 14.7. The number of anilines is 1. The van der Waals surface area contributed by atoms with Crippen LogP contribution in [0.3, 0.4) is 0 Å². The average Bonchev–Trinajstić information content (AvgIpc) is 2.83. The maximum Gasteiger partial charge on any atom is 0.251 e. The summed E-state index contributed by atoms with van der Waals surface area (Å²) in [5, 5.41) is 0. The summed E-state index contributed by atoms with van der Waals surface area (Å²) >= 11 is 0. The highest BCUT2D eigenvalue weighted by molar-refractivity contribution is 6.22. The summed E-state index contributed by atoms with van der Waals surface area (Å²) in [6, 6.07) is 8.46. The molecule has 2 N–H and O–H groups in total. The molecular weight excluding hydrogens is 282 g/mol. The van der Waals surface area contributed by atoms with Gasteiger partial charge in [0, 0.05) is 6.54 Å². The normalized spacial score (nSPS) is 26.5. The quantitative estimate of drug-likeness (QED) is 0.825. The zero-order valence-electron chi connectivity index (χ0n) is 12.3. The number of primary amides is 1. The second-order valence-corrected chi connectivity index (χ2v) is 5.86. The van der Waals surface area contributed by atoms with Crippen LogP contribution in [0.1, 0.15) is 19.3 Å². The number of benzene rings is 1. The van der Waals surface area contributed by atoms with Crippen molar-refractivity contribution < 1.29 is 14.4 Å². The second kappa shape index (κ2) is 5.88. The Balaban J connectivity index is 1.78. The van der Waals surface area contributed by atoms with Gasteiger partial charge in [-0.3, -0.25) is 19.3 Å². The molecule has 1 aromatic rings. The second-order valence-electron chi connectivity index (χ2n) is 5.86. The number of hydrogen-bond donors (Lipinski definition) is 1. The van der Waals surface area contributed by atoms with Crippen molar-refractivity contribution in [2.24, 2.45) is 11.7 Å². The first-order valence-electron chi connectivity index (χ1n) is 7.53. The molecule has 0 spiro atoms. The number of nitrogens with zero attached hydrogens (tertiary/aromatic N) is 2. The fourth-order valence-electron chi connectivity index (χ4n) is 3.27. The smallest absolute Gasteiger partial charge is 0.251 e. The molecule has 3 amide bonds. The highest BCUT2D eigenvalue weighted by Crippen LogP contribution is 2.28. The molecule has 2 atom stereocenters. The first-order chi connectivity index (χ1) is 10.6. The van der Waals surface area contributed by atoms with E-state index in [1.807, 2.05) is 11.0 Å². The van der Waals surface area contributed by atoms with E-state index in [9.17, 15) is 14.4 Å². The Bertz CT molecular complexity index is 602. The molecule has 0 saturated carbocycles. The van der Waals surface area contributed by atoms with Gasteiger partial charge in [0.05, 0.1) is 24.1 Å². The van der Waals surface area contributed by atoms with Crippen molar-refractivity contribution in [3.8, 4) is 0 Å². The topological polar surface area (TPSA) is 83.7 Å². The number of rotatable bonds is 3. The molecule has 0 radical (unpaired) electrons. The molecule has 6 heteroatoms. The van der Waals surface area contributed by atoms with E-state index >= 15 is 0 Å². The van der Waals surface area contributed by atoms with E-state index in [0.717, 1.165) is 19.4 Å². The van der Waals surface area contributed by atoms with Crippen LogP contribution in [0.15, 0.2) is 30.3 Å². The van der Waals surface area contributed by atoms with Gasteiger partial charge in [-0.2, -0.15) is 0 Å². The third-order valence-corrected chi connectivity index (χ3v) is 4.43. The lowest BCUT2D eigenvalue weighted by Crippen LogP contribution is -2.49. The van der Waals surface area contributed by atoms with Gasteiger partial charge in [0.2, 0.25) is 11.8 Å². The van der Waals surface area contributed by atoms with E-state index in [0.29, 0.717) is 12.2 Å². The lowest BCUT2D eigenvalue weighted by molar-refractivity contribution is -0.127. The Labute approximate surface area is 128 Å². The van der Waals surface area contributed by atoms with Crippen LogP contribution in [-0.2, 0) is 14.4 Å². The van der Waals surface area contributed by atoms with Crippen LogP contribution in [0.25, 0.3) is 0 Å². The average molecular weight is 301 g/mol. The molecule has 1 aromatic carbocycles. The van der Waals surface area contributed by atoms with Crippen molar-refractivity contribution in [1.29, 1.82) is 0 Å². The maximum absolute atomic E-state index is 12.6. The van der Waals surface area contributed by atoms with Crippen LogP contribution in [0.2, 0.25) is 0 Å². The fourth-order valence-corrected chi connectivity index (χ4v) is 3.27. The molecule has 116 valence electrons. The number of carbonyl (C=O) groups is 3.